The summed E-state index contributed by atoms with van der Waals surface area (Å²) in [6.45, 7) is 0. The summed E-state index contributed by atoms with van der Waals surface area (Å²) in [5.74, 6) is 0.600. The zero-order valence-corrected chi connectivity index (χ0v) is 14.1. The van der Waals surface area contributed by atoms with Crippen LogP contribution in [-0.2, 0) is 0 Å². The first-order valence-corrected chi connectivity index (χ1v) is 7.25. The van der Waals surface area contributed by atoms with Gasteiger partial charge in [0, 0.05) is 15.1 Å². The normalized spacial score (nSPS) is 9.33. The fraction of sp³-hybridized carbons (Fsp3) is 0.0667. The summed E-state index contributed by atoms with van der Waals surface area (Å²) in [5.41, 5.74) is 1.02. The van der Waals surface area contributed by atoms with Crippen LogP contribution in [0.1, 0.15) is 20.7 Å². The molecule has 6 heteroatoms. The first-order valence-electron chi connectivity index (χ1n) is 5.70. The van der Waals surface area contributed by atoms with Gasteiger partial charge >= 0.3 is 0 Å². The van der Waals surface area contributed by atoms with Crippen molar-refractivity contribution in [3.63, 3.8) is 0 Å². The molecule has 110 valence electrons. The monoisotopic (exact) mass is 388 g/mol. The van der Waals surface area contributed by atoms with Gasteiger partial charge in [0.1, 0.15) is 5.75 Å². The third-order valence-electron chi connectivity index (χ3n) is 2.41. The van der Waals surface area contributed by atoms with Crippen LogP contribution >= 0.6 is 39.1 Å². The van der Waals surface area contributed by atoms with Crippen molar-refractivity contribution >= 4 is 51.7 Å². The smallest absolute Gasteiger partial charge is 0.153 e. The Morgan fingerprint density at radius 3 is 2.19 bits per heavy atom. The largest absolute Gasteiger partial charge is 0.496 e. The van der Waals surface area contributed by atoms with Crippen molar-refractivity contribution in [1.29, 1.82) is 0 Å². The van der Waals surface area contributed by atoms with Crippen molar-refractivity contribution in [2.75, 3.05) is 7.11 Å². The average Bonchev–Trinajstić information content (AvgIpc) is 2.48. The third kappa shape index (κ3) is 5.50. The second-order valence-corrected chi connectivity index (χ2v) is 5.55. The number of methoxy groups -OCH3 is 1. The maximum absolute atomic E-state index is 10.4. The van der Waals surface area contributed by atoms with Crippen molar-refractivity contribution in [2.24, 2.45) is 0 Å². The van der Waals surface area contributed by atoms with Crippen molar-refractivity contribution in [3.05, 3.63) is 62.0 Å². The van der Waals surface area contributed by atoms with Crippen LogP contribution in [0.15, 0.2) is 40.9 Å². The van der Waals surface area contributed by atoms with Crippen LogP contribution in [0.4, 0.5) is 0 Å². The Kier molecular flexibility index (Phi) is 7.43. The molecular weight excluding hydrogens is 379 g/mol. The Balaban J connectivity index is 0.000000211. The Hall–Kier alpha value is -1.36. The number of ether oxygens (including phenoxy) is 1. The van der Waals surface area contributed by atoms with E-state index in [9.17, 15) is 9.59 Å². The number of benzene rings is 2. The van der Waals surface area contributed by atoms with Gasteiger partial charge in [-0.3, -0.25) is 9.59 Å². The summed E-state index contributed by atoms with van der Waals surface area (Å²) in [6, 6.07) is 10.0. The molecule has 0 N–H and O–H groups in total. The van der Waals surface area contributed by atoms with E-state index >= 15 is 0 Å². The van der Waals surface area contributed by atoms with E-state index in [2.05, 4.69) is 15.9 Å². The fourth-order valence-electron chi connectivity index (χ4n) is 1.39. The minimum absolute atomic E-state index is 0.391. The van der Waals surface area contributed by atoms with Crippen LogP contribution in [0.3, 0.4) is 0 Å². The molecule has 0 spiro atoms. The molecule has 0 heterocycles. The SMILES string of the molecule is COc1ccc(Br)cc1C=O.O=Cc1ccc(Cl)cc1Cl. The van der Waals surface area contributed by atoms with E-state index in [1.165, 1.54) is 13.2 Å². The van der Waals surface area contributed by atoms with Crippen molar-refractivity contribution in [2.45, 2.75) is 0 Å². The molecule has 2 aromatic rings. The van der Waals surface area contributed by atoms with Gasteiger partial charge in [-0.2, -0.15) is 0 Å². The minimum Gasteiger partial charge on any atom is -0.496 e. The van der Waals surface area contributed by atoms with E-state index in [-0.39, 0.29) is 0 Å². The molecule has 0 unspecified atom stereocenters. The number of rotatable bonds is 3. The summed E-state index contributed by atoms with van der Waals surface area (Å²) in [7, 11) is 1.54. The summed E-state index contributed by atoms with van der Waals surface area (Å²) >= 11 is 14.4. The third-order valence-corrected chi connectivity index (χ3v) is 3.46. The molecule has 2 rings (SSSR count). The molecule has 0 aliphatic rings. The number of hydrogen-bond acceptors (Lipinski definition) is 3. The zero-order chi connectivity index (χ0) is 15.8. The van der Waals surface area contributed by atoms with Crippen molar-refractivity contribution in [1.82, 2.24) is 0 Å². The van der Waals surface area contributed by atoms with Gasteiger partial charge in [-0.15, -0.1) is 0 Å². The number of carbonyl (C=O) groups excluding carboxylic acids is 2. The first-order chi connectivity index (χ1) is 10.0. The quantitative estimate of drug-likeness (QED) is 0.687. The van der Waals surface area contributed by atoms with Crippen LogP contribution in [0.5, 0.6) is 5.75 Å². The van der Waals surface area contributed by atoms with Crippen molar-refractivity contribution in [3.8, 4) is 5.75 Å². The minimum atomic E-state index is 0.391. The fourth-order valence-corrected chi connectivity index (χ4v) is 2.23. The van der Waals surface area contributed by atoms with Crippen LogP contribution in [0.25, 0.3) is 0 Å². The van der Waals surface area contributed by atoms with E-state index < -0.39 is 0 Å². The maximum atomic E-state index is 10.4. The predicted molar refractivity (Wildman–Crippen MR) is 87.9 cm³/mol. The molecule has 0 fully saturated rings. The summed E-state index contributed by atoms with van der Waals surface area (Å²) in [4.78, 5) is 20.6. The lowest BCUT2D eigenvalue weighted by atomic mass is 10.2. The molecule has 0 saturated heterocycles. The van der Waals surface area contributed by atoms with E-state index in [4.69, 9.17) is 27.9 Å². The molecule has 0 aromatic heterocycles. The topological polar surface area (TPSA) is 43.4 Å². The average molecular weight is 390 g/mol. The molecular formula is C15H11BrCl2O3. The number of hydrogen-bond donors (Lipinski definition) is 0. The van der Waals surface area contributed by atoms with Gasteiger partial charge in [-0.05, 0) is 36.4 Å². The number of aldehydes is 2. The van der Waals surface area contributed by atoms with E-state index in [1.54, 1.807) is 24.3 Å². The summed E-state index contributed by atoms with van der Waals surface area (Å²) in [5, 5.41) is 0.929. The molecule has 0 radical (unpaired) electrons. The van der Waals surface area contributed by atoms with Gasteiger partial charge in [0.05, 0.1) is 17.7 Å². The highest BCUT2D eigenvalue weighted by Gasteiger charge is 2.00. The van der Waals surface area contributed by atoms with Crippen molar-refractivity contribution < 1.29 is 14.3 Å². The number of carbonyl (C=O) groups is 2. The molecule has 2 aromatic carbocycles. The molecule has 0 amide bonds. The van der Waals surface area contributed by atoms with Crippen LogP contribution in [0, 0.1) is 0 Å². The van der Waals surface area contributed by atoms with E-state index in [0.717, 1.165) is 10.8 Å². The van der Waals surface area contributed by atoms with Gasteiger partial charge < -0.3 is 4.74 Å². The molecule has 0 bridgehead atoms. The van der Waals surface area contributed by atoms with Crippen LogP contribution in [-0.4, -0.2) is 19.7 Å². The zero-order valence-electron chi connectivity index (χ0n) is 11.0. The lowest BCUT2D eigenvalue weighted by Gasteiger charge is -2.01. The Morgan fingerprint density at radius 2 is 1.67 bits per heavy atom. The van der Waals surface area contributed by atoms with Crippen LogP contribution < -0.4 is 4.74 Å². The second kappa shape index (κ2) is 8.82. The summed E-state index contributed by atoms with van der Waals surface area (Å²) in [6.07, 6.45) is 1.46. The molecule has 0 aliphatic carbocycles. The Bertz CT molecular complexity index is 645. The summed E-state index contributed by atoms with van der Waals surface area (Å²) < 4.78 is 5.81. The molecule has 0 aliphatic heterocycles. The lowest BCUT2D eigenvalue weighted by molar-refractivity contribution is 0.111. The van der Waals surface area contributed by atoms with Gasteiger partial charge in [-0.25, -0.2) is 0 Å². The lowest BCUT2D eigenvalue weighted by Crippen LogP contribution is -1.89. The highest BCUT2D eigenvalue weighted by molar-refractivity contribution is 9.10. The first kappa shape index (κ1) is 17.7. The molecule has 3 nitrogen and oxygen atoms in total. The van der Waals surface area contributed by atoms with Gasteiger partial charge in [0.25, 0.3) is 0 Å². The predicted octanol–water partition coefficient (Wildman–Crippen LogP) is 5.08. The van der Waals surface area contributed by atoms with E-state index in [0.29, 0.717) is 33.2 Å². The highest BCUT2D eigenvalue weighted by Crippen LogP contribution is 2.21. The van der Waals surface area contributed by atoms with Gasteiger partial charge in [0.15, 0.2) is 12.6 Å². The maximum Gasteiger partial charge on any atom is 0.153 e. The van der Waals surface area contributed by atoms with E-state index in [1.807, 2.05) is 6.07 Å². The van der Waals surface area contributed by atoms with Gasteiger partial charge in [-0.1, -0.05) is 39.1 Å². The standard InChI is InChI=1S/C8H7BrO2.C7H4Cl2O/c1-11-8-3-2-7(9)4-6(8)5-10;8-6-2-1-5(4-10)7(9)3-6/h2-5H,1H3;1-4H. The molecule has 21 heavy (non-hydrogen) atoms. The highest BCUT2D eigenvalue weighted by atomic mass is 79.9. The van der Waals surface area contributed by atoms with Gasteiger partial charge in [0.2, 0.25) is 0 Å². The number of halogens is 3. The molecule has 0 atom stereocenters. The Labute approximate surface area is 140 Å². The molecule has 0 saturated carbocycles. The second-order valence-electron chi connectivity index (χ2n) is 3.79. The van der Waals surface area contributed by atoms with Crippen LogP contribution in [0.2, 0.25) is 10.0 Å². The Morgan fingerprint density at radius 1 is 1.00 bits per heavy atom.